The molecule has 4 heteroatoms. The van der Waals surface area contributed by atoms with E-state index in [1.54, 1.807) is 7.11 Å². The molecule has 0 amide bonds. The first-order chi connectivity index (χ1) is 9.15. The van der Waals surface area contributed by atoms with Crippen LogP contribution in [0.25, 0.3) is 0 Å². The molecule has 2 N–H and O–H groups in total. The molecule has 114 valence electrons. The molecule has 1 aliphatic rings. The van der Waals surface area contributed by atoms with Crippen LogP contribution < -0.4 is 5.32 Å². The van der Waals surface area contributed by atoms with Gasteiger partial charge in [-0.1, -0.05) is 26.7 Å². The summed E-state index contributed by atoms with van der Waals surface area (Å²) in [6, 6.07) is 0.314. The Morgan fingerprint density at radius 1 is 1.32 bits per heavy atom. The van der Waals surface area contributed by atoms with Crippen molar-refractivity contribution in [2.75, 3.05) is 26.9 Å². The van der Waals surface area contributed by atoms with Crippen LogP contribution in [0.4, 0.5) is 0 Å². The van der Waals surface area contributed by atoms with Crippen LogP contribution in [0.2, 0.25) is 0 Å². The molecule has 0 saturated heterocycles. The lowest BCUT2D eigenvalue weighted by Crippen LogP contribution is -2.40. The Morgan fingerprint density at radius 3 is 2.74 bits per heavy atom. The first kappa shape index (κ1) is 16.9. The Hall–Kier alpha value is -0.160. The number of aliphatic hydroxyl groups is 1. The van der Waals surface area contributed by atoms with E-state index >= 15 is 0 Å². The van der Waals surface area contributed by atoms with Crippen LogP contribution in [0.5, 0.6) is 0 Å². The second-order valence-electron chi connectivity index (χ2n) is 5.85. The Kier molecular flexibility index (Phi) is 8.62. The molecule has 19 heavy (non-hydrogen) atoms. The summed E-state index contributed by atoms with van der Waals surface area (Å²) in [6.07, 6.45) is 5.78. The van der Waals surface area contributed by atoms with E-state index in [0.29, 0.717) is 31.9 Å². The van der Waals surface area contributed by atoms with E-state index in [9.17, 15) is 5.11 Å². The van der Waals surface area contributed by atoms with E-state index in [1.807, 2.05) is 0 Å². The van der Waals surface area contributed by atoms with Crippen LogP contribution in [0.15, 0.2) is 0 Å². The number of methoxy groups -OCH3 is 1. The maximum atomic E-state index is 9.93. The molecule has 4 nitrogen and oxygen atoms in total. The van der Waals surface area contributed by atoms with Gasteiger partial charge in [-0.3, -0.25) is 0 Å². The third kappa shape index (κ3) is 7.25. The summed E-state index contributed by atoms with van der Waals surface area (Å²) < 4.78 is 10.9. The predicted molar refractivity (Wildman–Crippen MR) is 77.3 cm³/mol. The third-order valence-corrected chi connectivity index (χ3v) is 3.92. The molecule has 0 radical (unpaired) electrons. The topological polar surface area (TPSA) is 50.7 Å². The van der Waals surface area contributed by atoms with Crippen LogP contribution in [0.3, 0.4) is 0 Å². The lowest BCUT2D eigenvalue weighted by atomic mass is 9.89. The van der Waals surface area contributed by atoms with Gasteiger partial charge >= 0.3 is 0 Å². The van der Waals surface area contributed by atoms with E-state index in [2.05, 4.69) is 19.2 Å². The second-order valence-corrected chi connectivity index (χ2v) is 5.85. The highest BCUT2D eigenvalue weighted by Crippen LogP contribution is 2.25. The van der Waals surface area contributed by atoms with E-state index in [4.69, 9.17) is 9.47 Å². The second kappa shape index (κ2) is 9.70. The van der Waals surface area contributed by atoms with Crippen molar-refractivity contribution in [1.29, 1.82) is 0 Å². The van der Waals surface area contributed by atoms with Gasteiger partial charge in [0.1, 0.15) is 0 Å². The van der Waals surface area contributed by atoms with E-state index in [1.165, 1.54) is 12.8 Å². The fraction of sp³-hybridized carbons (Fsp3) is 1.00. The molecule has 1 fully saturated rings. The number of hydrogen-bond donors (Lipinski definition) is 2. The fourth-order valence-electron chi connectivity index (χ4n) is 2.66. The fourth-order valence-corrected chi connectivity index (χ4v) is 2.66. The van der Waals surface area contributed by atoms with Crippen LogP contribution in [-0.4, -0.2) is 50.2 Å². The minimum Gasteiger partial charge on any atom is -0.389 e. The Morgan fingerprint density at radius 2 is 2.11 bits per heavy atom. The highest BCUT2D eigenvalue weighted by molar-refractivity contribution is 4.72. The van der Waals surface area contributed by atoms with E-state index < -0.39 is 6.10 Å². The molecular weight excluding hydrogens is 242 g/mol. The van der Waals surface area contributed by atoms with Crippen molar-refractivity contribution in [2.45, 2.75) is 64.2 Å². The van der Waals surface area contributed by atoms with Crippen molar-refractivity contribution in [3.8, 4) is 0 Å². The maximum absolute atomic E-state index is 9.93. The number of rotatable bonds is 9. The molecule has 1 saturated carbocycles. The van der Waals surface area contributed by atoms with Gasteiger partial charge < -0.3 is 19.9 Å². The zero-order valence-electron chi connectivity index (χ0n) is 12.7. The SMILES string of the molecule is CCC(COC)NCC(O)COC1CCCC(C)C1. The summed E-state index contributed by atoms with van der Waals surface area (Å²) in [5, 5.41) is 13.2. The number of ether oxygens (including phenoxy) is 2. The summed E-state index contributed by atoms with van der Waals surface area (Å²) in [4.78, 5) is 0. The Balaban J connectivity index is 2.11. The smallest absolute Gasteiger partial charge is 0.0897 e. The highest BCUT2D eigenvalue weighted by Gasteiger charge is 2.20. The largest absolute Gasteiger partial charge is 0.389 e. The van der Waals surface area contributed by atoms with E-state index in [-0.39, 0.29) is 0 Å². The van der Waals surface area contributed by atoms with Crippen LogP contribution >= 0.6 is 0 Å². The minimum absolute atomic E-state index is 0.314. The van der Waals surface area contributed by atoms with Gasteiger partial charge in [-0.2, -0.15) is 0 Å². The van der Waals surface area contributed by atoms with Crippen LogP contribution in [0.1, 0.15) is 46.0 Å². The molecule has 1 rings (SSSR count). The zero-order chi connectivity index (χ0) is 14.1. The first-order valence-corrected chi connectivity index (χ1v) is 7.67. The van der Waals surface area contributed by atoms with Gasteiger partial charge in [0.25, 0.3) is 0 Å². The van der Waals surface area contributed by atoms with Crippen LogP contribution in [-0.2, 0) is 9.47 Å². The highest BCUT2D eigenvalue weighted by atomic mass is 16.5. The van der Waals surface area contributed by atoms with Crippen molar-refractivity contribution < 1.29 is 14.6 Å². The van der Waals surface area contributed by atoms with Crippen molar-refractivity contribution >= 4 is 0 Å². The van der Waals surface area contributed by atoms with Gasteiger partial charge in [-0.25, -0.2) is 0 Å². The Labute approximate surface area is 117 Å². The maximum Gasteiger partial charge on any atom is 0.0897 e. The average molecular weight is 273 g/mol. The van der Waals surface area contributed by atoms with Gasteiger partial charge in [0, 0.05) is 19.7 Å². The minimum atomic E-state index is -0.428. The van der Waals surface area contributed by atoms with Gasteiger partial charge in [0.15, 0.2) is 0 Å². The van der Waals surface area contributed by atoms with Gasteiger partial charge in [0.05, 0.1) is 25.4 Å². The molecule has 0 aromatic rings. The summed E-state index contributed by atoms with van der Waals surface area (Å²) in [5.41, 5.74) is 0. The van der Waals surface area contributed by atoms with Crippen LogP contribution in [0, 0.1) is 5.92 Å². The Bertz CT molecular complexity index is 225. The molecule has 0 aromatic heterocycles. The molecule has 0 aromatic carbocycles. The molecule has 0 aliphatic heterocycles. The summed E-state index contributed by atoms with van der Waals surface area (Å²) in [6.45, 7) is 6.09. The quantitative estimate of drug-likeness (QED) is 0.674. The molecule has 1 aliphatic carbocycles. The van der Waals surface area contributed by atoms with Gasteiger partial charge in [-0.05, 0) is 25.2 Å². The summed E-state index contributed by atoms with van der Waals surface area (Å²) >= 11 is 0. The third-order valence-electron chi connectivity index (χ3n) is 3.92. The predicted octanol–water partition coefficient (Wildman–Crippen LogP) is 1.96. The molecule has 0 spiro atoms. The monoisotopic (exact) mass is 273 g/mol. The number of hydrogen-bond acceptors (Lipinski definition) is 4. The van der Waals surface area contributed by atoms with Crippen molar-refractivity contribution in [2.24, 2.45) is 5.92 Å². The summed E-state index contributed by atoms with van der Waals surface area (Å²) in [7, 11) is 1.70. The number of aliphatic hydroxyl groups excluding tert-OH is 1. The molecule has 4 atom stereocenters. The van der Waals surface area contributed by atoms with Crippen molar-refractivity contribution in [3.05, 3.63) is 0 Å². The molecule has 0 heterocycles. The average Bonchev–Trinajstić information content (AvgIpc) is 2.41. The van der Waals surface area contributed by atoms with Crippen molar-refractivity contribution in [1.82, 2.24) is 5.32 Å². The van der Waals surface area contributed by atoms with Gasteiger partial charge in [0.2, 0.25) is 0 Å². The molecular formula is C15H31NO3. The molecule has 4 unspecified atom stereocenters. The standard InChI is InChI=1S/C15H31NO3/c1-4-13(10-18-3)16-9-14(17)11-19-15-7-5-6-12(2)8-15/h12-17H,4-11H2,1-3H3. The number of nitrogens with one attached hydrogen (secondary N) is 1. The lowest BCUT2D eigenvalue weighted by Gasteiger charge is -2.28. The zero-order valence-corrected chi connectivity index (χ0v) is 12.7. The first-order valence-electron chi connectivity index (χ1n) is 7.67. The summed E-state index contributed by atoms with van der Waals surface area (Å²) in [5.74, 6) is 0.764. The molecule has 0 bridgehead atoms. The van der Waals surface area contributed by atoms with Gasteiger partial charge in [-0.15, -0.1) is 0 Å². The van der Waals surface area contributed by atoms with Crippen molar-refractivity contribution in [3.63, 3.8) is 0 Å². The lowest BCUT2D eigenvalue weighted by molar-refractivity contribution is -0.0317. The van der Waals surface area contributed by atoms with E-state index in [0.717, 1.165) is 25.2 Å². The normalized spacial score (nSPS) is 27.2.